The predicted octanol–water partition coefficient (Wildman–Crippen LogP) is 4.15. The van der Waals surface area contributed by atoms with Crippen molar-refractivity contribution in [2.75, 3.05) is 26.2 Å². The Morgan fingerprint density at radius 1 is 0.967 bits per heavy atom. The molecule has 5 nitrogen and oxygen atoms in total. The Kier molecular flexibility index (Phi) is 5.45. The number of carbonyl (C=O) groups excluding carboxylic acids is 1. The summed E-state index contributed by atoms with van der Waals surface area (Å²) in [5.74, 6) is 1.71. The highest BCUT2D eigenvalue weighted by molar-refractivity contribution is 6.07. The van der Waals surface area contributed by atoms with E-state index in [9.17, 15) is 4.79 Å². The second-order valence-corrected chi connectivity index (χ2v) is 8.53. The van der Waals surface area contributed by atoms with E-state index in [-0.39, 0.29) is 5.91 Å². The highest BCUT2D eigenvalue weighted by Gasteiger charge is 2.30. The number of fused-ring (bicyclic) bond motifs is 1. The SMILES string of the molecule is O=C(c1cc(-c2cccnc2)nc2ccccc12)N1CCC(C2CCNCC2)CC1. The maximum Gasteiger partial charge on any atom is 0.254 e. The van der Waals surface area contributed by atoms with E-state index in [1.54, 1.807) is 12.4 Å². The lowest BCUT2D eigenvalue weighted by atomic mass is 9.79. The average Bonchev–Trinajstić information content (AvgIpc) is 2.84. The molecule has 2 aromatic heterocycles. The number of para-hydroxylation sites is 1. The van der Waals surface area contributed by atoms with Crippen LogP contribution in [0, 0.1) is 11.8 Å². The lowest BCUT2D eigenvalue weighted by Crippen LogP contribution is -2.42. The number of aromatic nitrogens is 2. The molecule has 0 radical (unpaired) electrons. The van der Waals surface area contributed by atoms with Gasteiger partial charge in [-0.15, -0.1) is 0 Å². The van der Waals surface area contributed by atoms with E-state index >= 15 is 0 Å². The summed E-state index contributed by atoms with van der Waals surface area (Å²) in [5, 5.41) is 4.39. The minimum absolute atomic E-state index is 0.127. The van der Waals surface area contributed by atoms with Crippen LogP contribution in [-0.4, -0.2) is 47.0 Å². The van der Waals surface area contributed by atoms with Gasteiger partial charge in [0.2, 0.25) is 0 Å². The summed E-state index contributed by atoms with van der Waals surface area (Å²) in [7, 11) is 0. The van der Waals surface area contributed by atoms with Gasteiger partial charge in [-0.25, -0.2) is 4.98 Å². The minimum atomic E-state index is 0.127. The molecule has 30 heavy (non-hydrogen) atoms. The molecule has 1 amide bonds. The third-order valence-electron chi connectivity index (χ3n) is 6.78. The smallest absolute Gasteiger partial charge is 0.254 e. The van der Waals surface area contributed by atoms with Crippen LogP contribution in [0.25, 0.3) is 22.2 Å². The molecule has 0 atom stereocenters. The van der Waals surface area contributed by atoms with E-state index in [2.05, 4.69) is 10.3 Å². The molecule has 1 aromatic carbocycles. The first-order valence-electron chi connectivity index (χ1n) is 11.1. The summed E-state index contributed by atoms with van der Waals surface area (Å²) in [4.78, 5) is 24.6. The van der Waals surface area contributed by atoms with Crippen molar-refractivity contribution in [2.24, 2.45) is 11.8 Å². The van der Waals surface area contributed by atoms with Gasteiger partial charge in [-0.1, -0.05) is 18.2 Å². The number of hydrogen-bond acceptors (Lipinski definition) is 4. The zero-order chi connectivity index (χ0) is 20.3. The summed E-state index contributed by atoms with van der Waals surface area (Å²) in [6.07, 6.45) is 8.35. The van der Waals surface area contributed by atoms with Gasteiger partial charge in [0.1, 0.15) is 0 Å². The van der Waals surface area contributed by atoms with Gasteiger partial charge in [-0.2, -0.15) is 0 Å². The summed E-state index contributed by atoms with van der Waals surface area (Å²) in [6.45, 7) is 3.99. The van der Waals surface area contributed by atoms with Crippen LogP contribution in [0.15, 0.2) is 54.9 Å². The number of rotatable bonds is 3. The summed E-state index contributed by atoms with van der Waals surface area (Å²) >= 11 is 0. The number of amides is 1. The predicted molar refractivity (Wildman–Crippen MR) is 119 cm³/mol. The van der Waals surface area contributed by atoms with E-state index < -0.39 is 0 Å². The number of benzene rings is 1. The molecule has 0 aliphatic carbocycles. The van der Waals surface area contributed by atoms with Crippen LogP contribution in [0.3, 0.4) is 0 Å². The number of nitrogens with zero attached hydrogens (tertiary/aromatic N) is 3. The van der Waals surface area contributed by atoms with Gasteiger partial charge in [0, 0.05) is 36.4 Å². The molecule has 2 saturated heterocycles. The summed E-state index contributed by atoms with van der Waals surface area (Å²) in [5.41, 5.74) is 3.34. The molecule has 2 aliphatic rings. The minimum Gasteiger partial charge on any atom is -0.339 e. The monoisotopic (exact) mass is 400 g/mol. The van der Waals surface area contributed by atoms with E-state index in [1.807, 2.05) is 47.4 Å². The fourth-order valence-corrected chi connectivity index (χ4v) is 5.07. The van der Waals surface area contributed by atoms with E-state index in [4.69, 9.17) is 4.98 Å². The molecule has 4 heterocycles. The molecule has 5 rings (SSSR count). The zero-order valence-corrected chi connectivity index (χ0v) is 17.3. The van der Waals surface area contributed by atoms with Crippen LogP contribution < -0.4 is 5.32 Å². The van der Waals surface area contributed by atoms with Crippen molar-refractivity contribution >= 4 is 16.8 Å². The molecule has 5 heteroatoms. The summed E-state index contributed by atoms with van der Waals surface area (Å²) in [6, 6.07) is 13.8. The van der Waals surface area contributed by atoms with Crippen molar-refractivity contribution in [3.05, 3.63) is 60.4 Å². The Hall–Kier alpha value is -2.79. The molecular formula is C25H28N4O. The van der Waals surface area contributed by atoms with Crippen LogP contribution in [0.5, 0.6) is 0 Å². The first-order valence-corrected chi connectivity index (χ1v) is 11.1. The van der Waals surface area contributed by atoms with Crippen molar-refractivity contribution in [1.82, 2.24) is 20.2 Å². The highest BCUT2D eigenvalue weighted by atomic mass is 16.2. The lowest BCUT2D eigenvalue weighted by molar-refractivity contribution is 0.0644. The zero-order valence-electron chi connectivity index (χ0n) is 17.3. The molecule has 0 unspecified atom stereocenters. The molecule has 3 aromatic rings. The number of pyridine rings is 2. The van der Waals surface area contributed by atoms with Gasteiger partial charge in [-0.05, 0) is 74.9 Å². The normalized spacial score (nSPS) is 18.6. The van der Waals surface area contributed by atoms with Gasteiger partial charge in [-0.3, -0.25) is 9.78 Å². The van der Waals surface area contributed by atoms with Crippen molar-refractivity contribution in [3.63, 3.8) is 0 Å². The molecule has 2 aliphatic heterocycles. The van der Waals surface area contributed by atoms with Crippen molar-refractivity contribution in [3.8, 4) is 11.3 Å². The number of carbonyl (C=O) groups is 1. The topological polar surface area (TPSA) is 58.1 Å². The largest absolute Gasteiger partial charge is 0.339 e. The van der Waals surface area contributed by atoms with Gasteiger partial charge in [0.05, 0.1) is 16.8 Å². The number of likely N-dealkylation sites (tertiary alicyclic amines) is 1. The summed E-state index contributed by atoms with van der Waals surface area (Å²) < 4.78 is 0. The van der Waals surface area contributed by atoms with Crippen LogP contribution in [0.4, 0.5) is 0 Å². The molecule has 154 valence electrons. The van der Waals surface area contributed by atoms with Crippen molar-refractivity contribution < 1.29 is 4.79 Å². The molecule has 2 fully saturated rings. The average molecular weight is 401 g/mol. The fraction of sp³-hybridized carbons (Fsp3) is 0.400. The van der Waals surface area contributed by atoms with Crippen LogP contribution in [0.1, 0.15) is 36.0 Å². The maximum atomic E-state index is 13.6. The Morgan fingerprint density at radius 3 is 2.50 bits per heavy atom. The Balaban J connectivity index is 1.40. The van der Waals surface area contributed by atoms with Gasteiger partial charge in [0.15, 0.2) is 0 Å². The van der Waals surface area contributed by atoms with E-state index in [1.165, 1.54) is 12.8 Å². The third-order valence-corrected chi connectivity index (χ3v) is 6.78. The third kappa shape index (κ3) is 3.82. The first kappa shape index (κ1) is 19.2. The highest BCUT2D eigenvalue weighted by Crippen LogP contribution is 2.32. The van der Waals surface area contributed by atoms with E-state index in [0.717, 1.165) is 78.6 Å². The molecule has 1 N–H and O–H groups in total. The van der Waals surface area contributed by atoms with E-state index in [0.29, 0.717) is 0 Å². The number of hydrogen-bond donors (Lipinski definition) is 1. The second-order valence-electron chi connectivity index (χ2n) is 8.53. The van der Waals surface area contributed by atoms with Gasteiger partial charge >= 0.3 is 0 Å². The Bertz CT molecular complexity index is 1020. The van der Waals surface area contributed by atoms with Crippen molar-refractivity contribution in [1.29, 1.82) is 0 Å². The van der Waals surface area contributed by atoms with Crippen LogP contribution in [0.2, 0.25) is 0 Å². The second kappa shape index (κ2) is 8.52. The Labute approximate surface area is 177 Å². The van der Waals surface area contributed by atoms with Crippen LogP contribution >= 0.6 is 0 Å². The molecular weight excluding hydrogens is 372 g/mol. The van der Waals surface area contributed by atoms with Gasteiger partial charge < -0.3 is 10.2 Å². The number of piperidine rings is 2. The first-order chi connectivity index (χ1) is 14.8. The standard InChI is InChI=1S/C25H28N4O/c30-25(29-14-9-19(10-15-29)18-7-12-26-13-8-18)22-16-24(20-4-3-11-27-17-20)28-23-6-2-1-5-21(22)23/h1-6,11,16-19,26H,7-10,12-15H2. The quantitative estimate of drug-likeness (QED) is 0.718. The maximum absolute atomic E-state index is 13.6. The Morgan fingerprint density at radius 2 is 1.73 bits per heavy atom. The van der Waals surface area contributed by atoms with Gasteiger partial charge in [0.25, 0.3) is 5.91 Å². The molecule has 0 saturated carbocycles. The fourth-order valence-electron chi connectivity index (χ4n) is 5.07. The van der Waals surface area contributed by atoms with Crippen LogP contribution in [-0.2, 0) is 0 Å². The number of nitrogens with one attached hydrogen (secondary N) is 1. The molecule has 0 spiro atoms. The lowest BCUT2D eigenvalue weighted by Gasteiger charge is -2.38. The molecule has 0 bridgehead atoms. The van der Waals surface area contributed by atoms with Crippen molar-refractivity contribution in [2.45, 2.75) is 25.7 Å².